The van der Waals surface area contributed by atoms with Crippen molar-refractivity contribution in [3.05, 3.63) is 29.3 Å². The van der Waals surface area contributed by atoms with Gasteiger partial charge in [-0.1, -0.05) is 6.07 Å². The van der Waals surface area contributed by atoms with Crippen LogP contribution in [0.5, 0.6) is 0 Å². The highest BCUT2D eigenvalue weighted by molar-refractivity contribution is 7.17. The van der Waals surface area contributed by atoms with Crippen LogP contribution >= 0.6 is 23.7 Å². The number of likely N-dealkylation sites (tertiary alicyclic amines) is 1. The van der Waals surface area contributed by atoms with E-state index in [9.17, 15) is 9.59 Å². The number of fused-ring (bicyclic) bond motifs is 2. The largest absolute Gasteiger partial charge is 0.468 e. The van der Waals surface area contributed by atoms with Crippen LogP contribution in [0.4, 0.5) is 0 Å². The number of carbonyl (C=O) groups is 2. The lowest BCUT2D eigenvalue weighted by molar-refractivity contribution is -0.153. The molecule has 2 atom stereocenters. The summed E-state index contributed by atoms with van der Waals surface area (Å²) in [6.45, 7) is 1.67. The van der Waals surface area contributed by atoms with Gasteiger partial charge in [0.15, 0.2) is 0 Å². The number of thiazole rings is 1. The van der Waals surface area contributed by atoms with Crippen molar-refractivity contribution in [1.29, 1.82) is 0 Å². The lowest BCUT2D eigenvalue weighted by Crippen LogP contribution is -2.41. The summed E-state index contributed by atoms with van der Waals surface area (Å²) in [5.74, 6) is -0.344. The molecule has 8 heteroatoms. The Bertz CT molecular complexity index is 795. The van der Waals surface area contributed by atoms with Crippen LogP contribution < -0.4 is 0 Å². The monoisotopic (exact) mass is 368 g/mol. The maximum atomic E-state index is 13.0. The molecule has 2 fully saturated rings. The van der Waals surface area contributed by atoms with E-state index in [-0.39, 0.29) is 30.2 Å². The van der Waals surface area contributed by atoms with E-state index in [1.807, 2.05) is 18.2 Å². The number of ether oxygens (including phenoxy) is 2. The molecule has 0 bridgehead atoms. The zero-order valence-corrected chi connectivity index (χ0v) is 14.7. The number of rotatable bonds is 2. The topological polar surface area (TPSA) is 68.7 Å². The number of hydrogen-bond donors (Lipinski definition) is 0. The highest BCUT2D eigenvalue weighted by Gasteiger charge is 2.57. The molecule has 3 heterocycles. The minimum absolute atomic E-state index is 0. The SMILES string of the molecule is COC(=O)[C@@]12COC[C@@H]1CN(C(=O)c1cccc3ncsc13)C2.Cl. The number of carbonyl (C=O) groups excluding carboxylic acids is 2. The lowest BCUT2D eigenvalue weighted by atomic mass is 9.81. The van der Waals surface area contributed by atoms with E-state index in [2.05, 4.69) is 4.98 Å². The second-order valence-electron chi connectivity index (χ2n) is 6.05. The van der Waals surface area contributed by atoms with Gasteiger partial charge in [0.1, 0.15) is 5.41 Å². The van der Waals surface area contributed by atoms with Crippen LogP contribution in [0.15, 0.2) is 23.7 Å². The zero-order valence-electron chi connectivity index (χ0n) is 13.1. The molecule has 128 valence electrons. The summed E-state index contributed by atoms with van der Waals surface area (Å²) in [6.07, 6.45) is 0. The molecule has 24 heavy (non-hydrogen) atoms. The van der Waals surface area contributed by atoms with Gasteiger partial charge in [0, 0.05) is 19.0 Å². The van der Waals surface area contributed by atoms with Gasteiger partial charge in [-0.25, -0.2) is 4.98 Å². The van der Waals surface area contributed by atoms with E-state index >= 15 is 0 Å². The Hall–Kier alpha value is -1.70. The molecule has 0 aliphatic carbocycles. The van der Waals surface area contributed by atoms with Crippen molar-refractivity contribution >= 4 is 45.8 Å². The van der Waals surface area contributed by atoms with Crippen LogP contribution in [0.2, 0.25) is 0 Å². The smallest absolute Gasteiger partial charge is 0.316 e. The Kier molecular flexibility index (Phi) is 4.50. The van der Waals surface area contributed by atoms with Crippen molar-refractivity contribution in [2.45, 2.75) is 0 Å². The van der Waals surface area contributed by atoms with Crippen molar-refractivity contribution < 1.29 is 19.1 Å². The number of halogens is 1. The fourth-order valence-corrected chi connectivity index (χ4v) is 4.40. The molecule has 0 saturated carbocycles. The van der Waals surface area contributed by atoms with Gasteiger partial charge in [-0.05, 0) is 12.1 Å². The highest BCUT2D eigenvalue weighted by atomic mass is 35.5. The number of benzene rings is 1. The molecule has 0 unspecified atom stereocenters. The van der Waals surface area contributed by atoms with Gasteiger partial charge in [0.05, 0.1) is 41.6 Å². The average molecular weight is 369 g/mol. The molecule has 2 aliphatic heterocycles. The third kappa shape index (κ3) is 2.39. The Morgan fingerprint density at radius 2 is 2.29 bits per heavy atom. The Labute approximate surface area is 149 Å². The quantitative estimate of drug-likeness (QED) is 0.758. The highest BCUT2D eigenvalue weighted by Crippen LogP contribution is 2.43. The molecule has 2 aromatic rings. The van der Waals surface area contributed by atoms with E-state index in [0.717, 1.165) is 10.2 Å². The van der Waals surface area contributed by atoms with Crippen molar-refractivity contribution in [2.75, 3.05) is 33.4 Å². The van der Waals surface area contributed by atoms with Gasteiger partial charge in [-0.2, -0.15) is 0 Å². The molecule has 2 aliphatic rings. The second kappa shape index (κ2) is 6.31. The molecule has 4 rings (SSSR count). The summed E-state index contributed by atoms with van der Waals surface area (Å²) < 4.78 is 11.3. The molecule has 2 saturated heterocycles. The first-order valence-electron chi connectivity index (χ1n) is 7.43. The number of hydrogen-bond acceptors (Lipinski definition) is 6. The number of aromatic nitrogens is 1. The van der Waals surface area contributed by atoms with E-state index in [4.69, 9.17) is 9.47 Å². The van der Waals surface area contributed by atoms with Crippen LogP contribution in [0.25, 0.3) is 10.2 Å². The molecule has 6 nitrogen and oxygen atoms in total. The normalized spacial score (nSPS) is 25.4. The Morgan fingerprint density at radius 1 is 1.46 bits per heavy atom. The fourth-order valence-electron chi connectivity index (χ4n) is 3.61. The molecule has 0 N–H and O–H groups in total. The zero-order chi connectivity index (χ0) is 16.0. The molecule has 0 spiro atoms. The summed E-state index contributed by atoms with van der Waals surface area (Å²) >= 11 is 1.46. The van der Waals surface area contributed by atoms with Gasteiger partial charge in [0.25, 0.3) is 5.91 Å². The minimum Gasteiger partial charge on any atom is -0.468 e. The first kappa shape index (κ1) is 17.1. The second-order valence-corrected chi connectivity index (χ2v) is 6.91. The number of nitrogens with zero attached hydrogens (tertiary/aromatic N) is 2. The number of esters is 1. The molecule has 0 radical (unpaired) electrons. The van der Waals surface area contributed by atoms with Crippen molar-refractivity contribution in [1.82, 2.24) is 9.88 Å². The van der Waals surface area contributed by atoms with Gasteiger partial charge in [0.2, 0.25) is 0 Å². The van der Waals surface area contributed by atoms with Crippen molar-refractivity contribution in [3.8, 4) is 0 Å². The molecule has 1 aromatic carbocycles. The van der Waals surface area contributed by atoms with E-state index in [1.54, 1.807) is 10.4 Å². The third-order valence-electron chi connectivity index (χ3n) is 4.84. The van der Waals surface area contributed by atoms with Gasteiger partial charge < -0.3 is 14.4 Å². The Balaban J connectivity index is 0.00000169. The Morgan fingerprint density at radius 3 is 3.08 bits per heavy atom. The van der Waals surface area contributed by atoms with Crippen molar-refractivity contribution in [2.24, 2.45) is 11.3 Å². The summed E-state index contributed by atoms with van der Waals surface area (Å²) in [6, 6.07) is 5.55. The van der Waals surface area contributed by atoms with Crippen LogP contribution in [-0.4, -0.2) is 55.2 Å². The first-order valence-corrected chi connectivity index (χ1v) is 8.31. The molecule has 1 amide bonds. The van der Waals surface area contributed by atoms with Gasteiger partial charge in [-0.15, -0.1) is 23.7 Å². The van der Waals surface area contributed by atoms with Crippen LogP contribution in [0, 0.1) is 11.3 Å². The molecule has 1 aromatic heterocycles. The third-order valence-corrected chi connectivity index (χ3v) is 5.72. The molecular weight excluding hydrogens is 352 g/mol. The standard InChI is InChI=1S/C16H16N2O4S.ClH/c1-21-15(20)16-7-18(5-10(16)6-22-8-16)14(19)11-3-2-4-12-13(11)23-9-17-12;/h2-4,9-10H,5-8H2,1H3;1H/t10-,16-;/m0./s1. The fraction of sp³-hybridized carbons (Fsp3) is 0.438. The van der Waals surface area contributed by atoms with E-state index < -0.39 is 5.41 Å². The van der Waals surface area contributed by atoms with Crippen molar-refractivity contribution in [3.63, 3.8) is 0 Å². The van der Waals surface area contributed by atoms with Crippen LogP contribution in [0.3, 0.4) is 0 Å². The average Bonchev–Trinajstić information content (AvgIpc) is 3.25. The predicted octanol–water partition coefficient (Wildman–Crippen LogP) is 1.98. The number of amides is 1. The van der Waals surface area contributed by atoms with Crippen LogP contribution in [-0.2, 0) is 14.3 Å². The predicted molar refractivity (Wildman–Crippen MR) is 91.5 cm³/mol. The maximum absolute atomic E-state index is 13.0. The molecular formula is C16H17ClN2O4S. The van der Waals surface area contributed by atoms with Gasteiger partial charge >= 0.3 is 5.97 Å². The summed E-state index contributed by atoms with van der Waals surface area (Å²) in [4.78, 5) is 31.2. The summed E-state index contributed by atoms with van der Waals surface area (Å²) in [5.41, 5.74) is 2.49. The minimum atomic E-state index is -0.716. The van der Waals surface area contributed by atoms with Gasteiger partial charge in [-0.3, -0.25) is 9.59 Å². The summed E-state index contributed by atoms with van der Waals surface area (Å²) in [7, 11) is 1.38. The van der Waals surface area contributed by atoms with E-state index in [0.29, 0.717) is 31.9 Å². The van der Waals surface area contributed by atoms with E-state index in [1.165, 1.54) is 18.4 Å². The first-order chi connectivity index (χ1) is 11.2. The van der Waals surface area contributed by atoms with Crippen LogP contribution in [0.1, 0.15) is 10.4 Å². The summed E-state index contributed by atoms with van der Waals surface area (Å²) in [5, 5.41) is 0. The lowest BCUT2D eigenvalue weighted by Gasteiger charge is -2.23. The number of methoxy groups -OCH3 is 1. The maximum Gasteiger partial charge on any atom is 0.316 e.